The Labute approximate surface area is 284 Å². The number of carbonyl (C=O) groups is 3. The highest BCUT2D eigenvalue weighted by atomic mass is 16.6. The molecule has 48 heavy (non-hydrogen) atoms. The molecule has 1 heterocycles. The van der Waals surface area contributed by atoms with Crippen molar-refractivity contribution in [3.8, 4) is 0 Å². The number of ether oxygens (including phenoxy) is 4. The number of benzene rings is 1. The molecule has 5 rings (SSSR count). The van der Waals surface area contributed by atoms with Crippen molar-refractivity contribution in [1.82, 2.24) is 5.32 Å². The van der Waals surface area contributed by atoms with Crippen LogP contribution in [-0.4, -0.2) is 77.4 Å². The molecule has 2 bridgehead atoms. The van der Waals surface area contributed by atoms with E-state index in [9.17, 15) is 24.6 Å². The minimum Gasteiger partial charge on any atom is -0.456 e. The molecule has 4 unspecified atom stereocenters. The Balaban J connectivity index is 1.54. The lowest BCUT2D eigenvalue weighted by molar-refractivity contribution is -0.303. The maximum Gasteiger partial charge on any atom is 0.408 e. The van der Waals surface area contributed by atoms with Gasteiger partial charge in [-0.2, -0.15) is 0 Å². The van der Waals surface area contributed by atoms with Gasteiger partial charge in [-0.1, -0.05) is 65.0 Å². The molecule has 1 aromatic carbocycles. The number of aliphatic hydroxyl groups excluding tert-OH is 1. The van der Waals surface area contributed by atoms with E-state index in [-0.39, 0.29) is 35.7 Å². The molecule has 0 aromatic heterocycles. The van der Waals surface area contributed by atoms with Crippen molar-refractivity contribution in [2.75, 3.05) is 13.7 Å². The smallest absolute Gasteiger partial charge is 0.408 e. The highest BCUT2D eigenvalue weighted by molar-refractivity contribution is 5.91. The van der Waals surface area contributed by atoms with Gasteiger partial charge in [0.05, 0.1) is 35.9 Å². The molecule has 266 valence electrons. The summed E-state index contributed by atoms with van der Waals surface area (Å²) in [6, 6.07) is 7.48. The molecule has 11 atom stereocenters. The van der Waals surface area contributed by atoms with Gasteiger partial charge >= 0.3 is 12.1 Å². The van der Waals surface area contributed by atoms with E-state index in [1.165, 1.54) is 0 Å². The first-order valence-corrected chi connectivity index (χ1v) is 17.2. The highest BCUT2D eigenvalue weighted by Gasteiger charge is 2.72. The summed E-state index contributed by atoms with van der Waals surface area (Å²) in [6.07, 6.45) is -3.34. The largest absolute Gasteiger partial charge is 0.456 e. The van der Waals surface area contributed by atoms with Crippen molar-refractivity contribution in [1.29, 1.82) is 0 Å². The monoisotopic (exact) mass is 669 g/mol. The Morgan fingerprint density at radius 1 is 1.08 bits per heavy atom. The Morgan fingerprint density at radius 2 is 1.71 bits per heavy atom. The average Bonchev–Trinajstić information content (AvgIpc) is 2.99. The SMILES string of the molecule is CO[C@H]1C[C@H]2OC[C@@]2(C)C2C(C)[C@]3(O)C[C@H](OC(=O)C(O)C(NC(=O)OC(C)(C)C)c4ccccc4)C(C)=C([C@@H](C)C(=O)[C@@]21C)C3(C)C. The van der Waals surface area contributed by atoms with Gasteiger partial charge in [-0.3, -0.25) is 4.79 Å². The molecule has 1 saturated heterocycles. The van der Waals surface area contributed by atoms with E-state index < -0.39 is 64.2 Å². The van der Waals surface area contributed by atoms with Crippen LogP contribution in [0.15, 0.2) is 41.5 Å². The molecule has 3 N–H and O–H groups in total. The molecule has 0 radical (unpaired) electrons. The number of alkyl carbamates (subject to hydrolysis) is 1. The fourth-order valence-electron chi connectivity index (χ4n) is 10.2. The number of esters is 1. The summed E-state index contributed by atoms with van der Waals surface area (Å²) < 4.78 is 23.6. The summed E-state index contributed by atoms with van der Waals surface area (Å²) in [5, 5.41) is 27.2. The second-order valence-corrected chi connectivity index (χ2v) is 16.7. The lowest BCUT2D eigenvalue weighted by Crippen LogP contribution is -2.74. The quantitative estimate of drug-likeness (QED) is 0.272. The standard InChI is InChI=1S/C38H55NO9/c1-20-24(47-32(42)29(40)28(23-15-13-12-14-16-23)39-33(43)48-34(4,5)6)18-38(44)22(3)30-36(9)19-46-25(36)17-26(45-11)37(30,10)31(41)21(2)27(20)35(38,7)8/h12-16,21-22,24-26,28-30,40,44H,17-19H2,1-11H3,(H,39,43)/t21-,22?,24+,25-,26+,28?,29?,30?,36-,37-,38-/m1/s1. The summed E-state index contributed by atoms with van der Waals surface area (Å²) in [4.78, 5) is 41.5. The molecule has 1 amide bonds. The number of hydrogen-bond acceptors (Lipinski definition) is 9. The van der Waals surface area contributed by atoms with Crippen molar-refractivity contribution in [3.05, 3.63) is 47.0 Å². The first-order chi connectivity index (χ1) is 22.1. The van der Waals surface area contributed by atoms with Crippen molar-refractivity contribution < 1.29 is 43.5 Å². The van der Waals surface area contributed by atoms with E-state index in [0.717, 1.165) is 5.57 Å². The Kier molecular flexibility index (Phi) is 9.28. The van der Waals surface area contributed by atoms with Crippen LogP contribution in [-0.2, 0) is 28.5 Å². The molecule has 10 nitrogen and oxygen atoms in total. The van der Waals surface area contributed by atoms with Gasteiger partial charge in [0, 0.05) is 36.7 Å². The van der Waals surface area contributed by atoms with Crippen LogP contribution in [0.3, 0.4) is 0 Å². The number of amides is 1. The van der Waals surface area contributed by atoms with Crippen molar-refractivity contribution in [3.63, 3.8) is 0 Å². The van der Waals surface area contributed by atoms with Crippen LogP contribution in [0.5, 0.6) is 0 Å². The molecule has 3 aliphatic carbocycles. The number of carbonyl (C=O) groups excluding carboxylic acids is 3. The van der Waals surface area contributed by atoms with Crippen LogP contribution < -0.4 is 5.32 Å². The van der Waals surface area contributed by atoms with Crippen LogP contribution in [0.1, 0.15) is 93.7 Å². The third-order valence-electron chi connectivity index (χ3n) is 12.5. The van der Waals surface area contributed by atoms with Crippen molar-refractivity contribution in [2.45, 2.75) is 124 Å². The summed E-state index contributed by atoms with van der Waals surface area (Å²) in [5.74, 6) is -2.24. The van der Waals surface area contributed by atoms with E-state index in [4.69, 9.17) is 18.9 Å². The summed E-state index contributed by atoms with van der Waals surface area (Å²) in [5.41, 5.74) is -2.42. The number of fused-ring (bicyclic) bond motifs is 5. The number of Topliss-reactive ketones (excluding diaryl/α,β-unsaturated/α-hetero) is 1. The summed E-state index contributed by atoms with van der Waals surface area (Å²) in [6.45, 7) is 19.5. The van der Waals surface area contributed by atoms with Gasteiger partial charge in [-0.25, -0.2) is 9.59 Å². The second kappa shape index (κ2) is 12.2. The molecule has 3 fully saturated rings. The number of methoxy groups -OCH3 is 1. The lowest BCUT2D eigenvalue weighted by atomic mass is 9.40. The van der Waals surface area contributed by atoms with Crippen LogP contribution in [0.4, 0.5) is 4.79 Å². The predicted molar refractivity (Wildman–Crippen MR) is 179 cm³/mol. The molecule has 0 spiro atoms. The van der Waals surface area contributed by atoms with E-state index in [0.29, 0.717) is 24.2 Å². The van der Waals surface area contributed by atoms with Gasteiger partial charge in [-0.05, 0) is 63.2 Å². The number of aliphatic hydroxyl groups is 2. The third-order valence-corrected chi connectivity index (χ3v) is 12.5. The van der Waals surface area contributed by atoms with Gasteiger partial charge in [0.2, 0.25) is 0 Å². The van der Waals surface area contributed by atoms with E-state index in [1.807, 2.05) is 41.5 Å². The normalized spacial score (nSPS) is 38.6. The summed E-state index contributed by atoms with van der Waals surface area (Å²) in [7, 11) is 1.64. The predicted octanol–water partition coefficient (Wildman–Crippen LogP) is 5.30. The van der Waals surface area contributed by atoms with Crippen LogP contribution in [0.25, 0.3) is 0 Å². The molecule has 1 aromatic rings. The zero-order valence-corrected chi connectivity index (χ0v) is 30.4. The average molecular weight is 670 g/mol. The van der Waals surface area contributed by atoms with Crippen LogP contribution in [0.2, 0.25) is 0 Å². The van der Waals surface area contributed by atoms with Crippen LogP contribution >= 0.6 is 0 Å². The number of hydrogen-bond donors (Lipinski definition) is 3. The first-order valence-electron chi connectivity index (χ1n) is 17.2. The maximum absolute atomic E-state index is 14.9. The van der Waals surface area contributed by atoms with Gasteiger partial charge < -0.3 is 34.5 Å². The lowest BCUT2D eigenvalue weighted by Gasteiger charge is -2.69. The Bertz CT molecular complexity index is 1470. The Morgan fingerprint density at radius 3 is 2.25 bits per heavy atom. The molecular formula is C38H55NO9. The van der Waals surface area contributed by atoms with Crippen molar-refractivity contribution in [2.24, 2.45) is 34.0 Å². The van der Waals surface area contributed by atoms with Gasteiger partial charge in [-0.15, -0.1) is 0 Å². The molecular weight excluding hydrogens is 614 g/mol. The van der Waals surface area contributed by atoms with Gasteiger partial charge in [0.15, 0.2) is 6.10 Å². The zero-order chi connectivity index (χ0) is 35.8. The van der Waals surface area contributed by atoms with Crippen LogP contribution in [0, 0.1) is 34.0 Å². The topological polar surface area (TPSA) is 141 Å². The van der Waals surface area contributed by atoms with Crippen molar-refractivity contribution >= 4 is 17.8 Å². The van der Waals surface area contributed by atoms with Gasteiger partial charge in [0.1, 0.15) is 17.5 Å². The molecule has 4 aliphatic rings. The van der Waals surface area contributed by atoms with E-state index in [2.05, 4.69) is 12.2 Å². The van der Waals surface area contributed by atoms with E-state index >= 15 is 0 Å². The number of ketones is 1. The maximum atomic E-state index is 14.9. The third kappa shape index (κ3) is 5.51. The molecule has 10 heteroatoms. The van der Waals surface area contributed by atoms with Gasteiger partial charge in [0.25, 0.3) is 0 Å². The molecule has 1 aliphatic heterocycles. The highest BCUT2D eigenvalue weighted by Crippen LogP contribution is 2.67. The molecule has 2 saturated carbocycles. The fraction of sp³-hybridized carbons (Fsp3) is 0.711. The number of nitrogens with one attached hydrogen (secondary N) is 1. The zero-order valence-electron chi connectivity index (χ0n) is 30.4. The fourth-order valence-corrected chi connectivity index (χ4v) is 10.2. The second-order valence-electron chi connectivity index (χ2n) is 16.7. The Hall–Kier alpha value is -2.79. The minimum atomic E-state index is -1.79. The number of rotatable bonds is 6. The summed E-state index contributed by atoms with van der Waals surface area (Å²) >= 11 is 0. The first kappa shape index (κ1) is 36.5. The van der Waals surface area contributed by atoms with E-state index in [1.54, 1.807) is 58.2 Å². The minimum absolute atomic E-state index is 0.0416.